The number of nitrogens with zero attached hydrogens (tertiary/aromatic N) is 1. The number of halogens is 1. The standard InChI is InChI=1S/C18H17ClN4O3S/c1-26-14-8-7-12(9-13(14)19)20-16(24)10-15-17(25)21-18(27-15)23-22-11-5-3-2-4-6-11/h2-9,15,22H,10H2,1H3,(H,20,24)(H,21,23,25)/t15-/m1/s1. The molecule has 0 saturated carbocycles. The van der Waals surface area contributed by atoms with Gasteiger partial charge in [0, 0.05) is 12.1 Å². The summed E-state index contributed by atoms with van der Waals surface area (Å²) in [6, 6.07) is 14.3. The lowest BCUT2D eigenvalue weighted by atomic mass is 10.2. The molecule has 0 radical (unpaired) electrons. The van der Waals surface area contributed by atoms with Crippen LogP contribution in [0, 0.1) is 0 Å². The van der Waals surface area contributed by atoms with Crippen LogP contribution in [0.25, 0.3) is 0 Å². The zero-order valence-corrected chi connectivity index (χ0v) is 15.9. The van der Waals surface area contributed by atoms with E-state index in [2.05, 4.69) is 21.2 Å². The Morgan fingerprint density at radius 2 is 2.04 bits per heavy atom. The Labute approximate surface area is 165 Å². The first-order valence-corrected chi connectivity index (χ1v) is 9.30. The maximum atomic E-state index is 12.2. The van der Waals surface area contributed by atoms with E-state index in [1.165, 1.54) is 18.9 Å². The van der Waals surface area contributed by atoms with E-state index in [0.717, 1.165) is 5.69 Å². The van der Waals surface area contributed by atoms with Gasteiger partial charge in [-0.3, -0.25) is 15.0 Å². The third kappa shape index (κ3) is 5.15. The minimum Gasteiger partial charge on any atom is -0.495 e. The molecule has 0 spiro atoms. The lowest BCUT2D eigenvalue weighted by molar-refractivity contribution is -0.122. The van der Waals surface area contributed by atoms with Gasteiger partial charge in [-0.2, -0.15) is 0 Å². The number of ether oxygens (including phenoxy) is 1. The second-order valence-electron chi connectivity index (χ2n) is 5.59. The molecule has 1 saturated heterocycles. The molecule has 0 aliphatic carbocycles. The van der Waals surface area contributed by atoms with Gasteiger partial charge in [-0.05, 0) is 30.3 Å². The molecule has 3 rings (SSSR count). The van der Waals surface area contributed by atoms with Crippen LogP contribution in [0.5, 0.6) is 5.75 Å². The highest BCUT2D eigenvalue weighted by molar-refractivity contribution is 8.15. The maximum absolute atomic E-state index is 12.2. The van der Waals surface area contributed by atoms with Gasteiger partial charge in [0.1, 0.15) is 11.0 Å². The molecule has 0 unspecified atom stereocenters. The van der Waals surface area contributed by atoms with Crippen LogP contribution >= 0.6 is 23.4 Å². The third-order valence-electron chi connectivity index (χ3n) is 3.64. The van der Waals surface area contributed by atoms with Crippen LogP contribution in [0.2, 0.25) is 5.02 Å². The van der Waals surface area contributed by atoms with Gasteiger partial charge >= 0.3 is 0 Å². The summed E-state index contributed by atoms with van der Waals surface area (Å²) in [6.45, 7) is 0. The van der Waals surface area contributed by atoms with Gasteiger partial charge in [0.2, 0.25) is 11.8 Å². The number of carbonyl (C=O) groups is 2. The van der Waals surface area contributed by atoms with Crippen molar-refractivity contribution in [2.75, 3.05) is 17.9 Å². The average Bonchev–Trinajstić information content (AvgIpc) is 3.00. The number of hydrogen-bond donors (Lipinski definition) is 3. The van der Waals surface area contributed by atoms with Crippen LogP contribution in [-0.4, -0.2) is 29.3 Å². The molecule has 0 aromatic heterocycles. The Bertz CT molecular complexity index is 876. The second kappa shape index (κ2) is 8.79. The molecule has 1 aliphatic rings. The lowest BCUT2D eigenvalue weighted by Crippen LogP contribution is -2.28. The zero-order chi connectivity index (χ0) is 19.2. The van der Waals surface area contributed by atoms with E-state index in [-0.39, 0.29) is 18.2 Å². The van der Waals surface area contributed by atoms with E-state index in [1.807, 2.05) is 30.3 Å². The fourth-order valence-electron chi connectivity index (χ4n) is 2.34. The molecule has 140 valence electrons. The van der Waals surface area contributed by atoms with Gasteiger partial charge in [0.05, 0.1) is 17.8 Å². The largest absolute Gasteiger partial charge is 0.495 e. The number of carbonyl (C=O) groups excluding carboxylic acids is 2. The summed E-state index contributed by atoms with van der Waals surface area (Å²) in [5, 5.41) is 9.81. The van der Waals surface area contributed by atoms with Crippen LogP contribution in [0.4, 0.5) is 11.4 Å². The summed E-state index contributed by atoms with van der Waals surface area (Å²) in [6.07, 6.45) is 0.0184. The van der Waals surface area contributed by atoms with Gasteiger partial charge in [-0.1, -0.05) is 41.6 Å². The number of benzene rings is 2. The number of anilines is 2. The highest BCUT2D eigenvalue weighted by Gasteiger charge is 2.32. The number of methoxy groups -OCH3 is 1. The number of thioether (sulfide) groups is 1. The first kappa shape index (κ1) is 19.1. The van der Waals surface area contributed by atoms with Crippen molar-refractivity contribution in [2.45, 2.75) is 11.7 Å². The molecule has 1 atom stereocenters. The smallest absolute Gasteiger partial charge is 0.240 e. The molecule has 0 bridgehead atoms. The summed E-state index contributed by atoms with van der Waals surface area (Å²) in [7, 11) is 1.52. The van der Waals surface area contributed by atoms with E-state index in [1.54, 1.807) is 18.2 Å². The van der Waals surface area contributed by atoms with E-state index < -0.39 is 5.25 Å². The fourth-order valence-corrected chi connectivity index (χ4v) is 3.53. The molecule has 3 N–H and O–H groups in total. The van der Waals surface area contributed by atoms with Crippen molar-refractivity contribution in [1.82, 2.24) is 5.32 Å². The Hall–Kier alpha value is -2.71. The van der Waals surface area contributed by atoms with Crippen LogP contribution < -0.4 is 20.8 Å². The van der Waals surface area contributed by atoms with Crippen molar-refractivity contribution >= 4 is 51.7 Å². The summed E-state index contributed by atoms with van der Waals surface area (Å²) in [4.78, 5) is 24.3. The highest BCUT2D eigenvalue weighted by Crippen LogP contribution is 2.28. The van der Waals surface area contributed by atoms with E-state index in [9.17, 15) is 9.59 Å². The van der Waals surface area contributed by atoms with Crippen molar-refractivity contribution < 1.29 is 14.3 Å². The number of para-hydroxylation sites is 1. The quantitative estimate of drug-likeness (QED) is 0.642. The van der Waals surface area contributed by atoms with E-state index in [0.29, 0.717) is 21.6 Å². The molecule has 9 heteroatoms. The number of amidine groups is 1. The lowest BCUT2D eigenvalue weighted by Gasteiger charge is -2.09. The van der Waals surface area contributed by atoms with E-state index >= 15 is 0 Å². The van der Waals surface area contributed by atoms with Crippen molar-refractivity contribution in [3.8, 4) is 5.75 Å². The van der Waals surface area contributed by atoms with Gasteiger partial charge < -0.3 is 15.4 Å². The van der Waals surface area contributed by atoms with Gasteiger partial charge in [-0.15, -0.1) is 5.10 Å². The van der Waals surface area contributed by atoms with Crippen LogP contribution in [0.1, 0.15) is 6.42 Å². The van der Waals surface area contributed by atoms with Crippen molar-refractivity contribution in [3.05, 3.63) is 53.6 Å². The van der Waals surface area contributed by atoms with E-state index in [4.69, 9.17) is 16.3 Å². The Morgan fingerprint density at radius 3 is 2.74 bits per heavy atom. The second-order valence-corrected chi connectivity index (χ2v) is 7.19. The summed E-state index contributed by atoms with van der Waals surface area (Å²) in [5.41, 5.74) is 4.20. The molecule has 2 aromatic rings. The number of amides is 2. The molecule has 1 aliphatic heterocycles. The van der Waals surface area contributed by atoms with Crippen LogP contribution in [0.3, 0.4) is 0 Å². The Morgan fingerprint density at radius 1 is 1.26 bits per heavy atom. The molecule has 1 fully saturated rings. The number of rotatable bonds is 6. The number of hydrazone groups is 1. The molecule has 2 amide bonds. The van der Waals surface area contributed by atoms with Crippen molar-refractivity contribution in [3.63, 3.8) is 0 Å². The van der Waals surface area contributed by atoms with Gasteiger partial charge in [0.25, 0.3) is 0 Å². The van der Waals surface area contributed by atoms with Crippen LogP contribution in [0.15, 0.2) is 53.6 Å². The number of hydrogen-bond acceptors (Lipinski definition) is 6. The minimum absolute atomic E-state index is 0.0184. The van der Waals surface area contributed by atoms with Gasteiger partial charge in [0.15, 0.2) is 5.17 Å². The van der Waals surface area contributed by atoms with Crippen LogP contribution in [-0.2, 0) is 9.59 Å². The maximum Gasteiger partial charge on any atom is 0.240 e. The highest BCUT2D eigenvalue weighted by atomic mass is 35.5. The topological polar surface area (TPSA) is 91.8 Å². The third-order valence-corrected chi connectivity index (χ3v) is 5.02. The van der Waals surface area contributed by atoms with Gasteiger partial charge in [-0.25, -0.2) is 0 Å². The summed E-state index contributed by atoms with van der Waals surface area (Å²) in [5.74, 6) is -0.0233. The SMILES string of the molecule is COc1ccc(NC(=O)C[C@H]2S/C(=N/Nc3ccccc3)NC2=O)cc1Cl. The molecule has 1 heterocycles. The predicted molar refractivity (Wildman–Crippen MR) is 108 cm³/mol. The first-order valence-electron chi connectivity index (χ1n) is 8.05. The Balaban J connectivity index is 1.55. The summed E-state index contributed by atoms with van der Waals surface area (Å²) >= 11 is 7.25. The average molecular weight is 405 g/mol. The predicted octanol–water partition coefficient (Wildman–Crippen LogP) is 3.29. The molecule has 27 heavy (non-hydrogen) atoms. The monoisotopic (exact) mass is 404 g/mol. The fraction of sp³-hybridized carbons (Fsp3) is 0.167. The first-order chi connectivity index (χ1) is 13.0. The normalized spacial score (nSPS) is 17.5. The molecule has 2 aromatic carbocycles. The molecule has 7 nitrogen and oxygen atoms in total. The number of nitrogens with one attached hydrogen (secondary N) is 3. The molecular weight excluding hydrogens is 388 g/mol. The Kier molecular flexibility index (Phi) is 6.20. The van der Waals surface area contributed by atoms with Crippen molar-refractivity contribution in [2.24, 2.45) is 5.10 Å². The minimum atomic E-state index is -0.546. The zero-order valence-electron chi connectivity index (χ0n) is 14.4. The van der Waals surface area contributed by atoms with Crippen molar-refractivity contribution in [1.29, 1.82) is 0 Å². The molecular formula is C18H17ClN4O3S. The summed E-state index contributed by atoms with van der Waals surface area (Å²) < 4.78 is 5.07.